The Balaban J connectivity index is 1.86. The zero-order valence-electron chi connectivity index (χ0n) is 12.5. The predicted molar refractivity (Wildman–Crippen MR) is 84.9 cm³/mol. The molecule has 3 rings (SSSR count). The number of aromatic nitrogens is 2. The highest BCUT2D eigenvalue weighted by Gasteiger charge is 2.15. The molecule has 0 spiro atoms. The van der Waals surface area contributed by atoms with E-state index < -0.39 is 0 Å². The summed E-state index contributed by atoms with van der Waals surface area (Å²) in [5, 5.41) is 3.86. The van der Waals surface area contributed by atoms with Crippen molar-refractivity contribution in [1.29, 1.82) is 0 Å². The molecular weight excluding hydrogens is 278 g/mol. The van der Waals surface area contributed by atoms with E-state index in [0.29, 0.717) is 12.2 Å². The largest absolute Gasteiger partial charge is 0.496 e. The quantitative estimate of drug-likeness (QED) is 0.804. The molecule has 2 heterocycles. The highest BCUT2D eigenvalue weighted by molar-refractivity contribution is 6.00. The maximum absolute atomic E-state index is 12.4. The van der Waals surface area contributed by atoms with E-state index in [1.54, 1.807) is 19.5 Å². The maximum Gasteiger partial charge on any atom is 0.268 e. The maximum atomic E-state index is 12.4. The zero-order valence-corrected chi connectivity index (χ0v) is 12.5. The van der Waals surface area contributed by atoms with E-state index in [0.717, 1.165) is 22.2 Å². The lowest BCUT2D eigenvalue weighted by atomic mass is 10.2. The summed E-state index contributed by atoms with van der Waals surface area (Å²) in [6.45, 7) is 0.472. The molecule has 0 fully saturated rings. The van der Waals surface area contributed by atoms with E-state index in [1.165, 1.54) is 0 Å². The van der Waals surface area contributed by atoms with E-state index in [9.17, 15) is 4.79 Å². The van der Waals surface area contributed by atoms with Crippen LogP contribution < -0.4 is 10.1 Å². The second-order valence-corrected chi connectivity index (χ2v) is 5.02. The van der Waals surface area contributed by atoms with Crippen LogP contribution in [0.3, 0.4) is 0 Å². The van der Waals surface area contributed by atoms with Gasteiger partial charge in [0.25, 0.3) is 5.91 Å². The fourth-order valence-electron chi connectivity index (χ4n) is 2.50. The van der Waals surface area contributed by atoms with Crippen LogP contribution in [0.15, 0.2) is 48.8 Å². The van der Waals surface area contributed by atoms with Gasteiger partial charge in [-0.3, -0.25) is 9.78 Å². The number of nitrogens with one attached hydrogen (secondary N) is 1. The summed E-state index contributed by atoms with van der Waals surface area (Å²) in [5.74, 6) is 0.652. The lowest BCUT2D eigenvalue weighted by molar-refractivity contribution is 0.0943. The van der Waals surface area contributed by atoms with Crippen LogP contribution >= 0.6 is 0 Å². The number of rotatable bonds is 4. The van der Waals surface area contributed by atoms with Crippen LogP contribution in [0.1, 0.15) is 16.1 Å². The van der Waals surface area contributed by atoms with Crippen molar-refractivity contribution in [2.75, 3.05) is 7.11 Å². The van der Waals surface area contributed by atoms with Crippen LogP contribution in [0.5, 0.6) is 5.75 Å². The van der Waals surface area contributed by atoms with Crippen LogP contribution in [0.25, 0.3) is 10.9 Å². The molecule has 112 valence electrons. The van der Waals surface area contributed by atoms with Gasteiger partial charge in [-0.25, -0.2) is 0 Å². The molecule has 0 saturated heterocycles. The van der Waals surface area contributed by atoms with Gasteiger partial charge in [0.2, 0.25) is 0 Å². The first kappa shape index (κ1) is 14.1. The third kappa shape index (κ3) is 2.53. The van der Waals surface area contributed by atoms with Crippen molar-refractivity contribution in [3.8, 4) is 5.75 Å². The van der Waals surface area contributed by atoms with Gasteiger partial charge in [-0.15, -0.1) is 0 Å². The van der Waals surface area contributed by atoms with Crippen molar-refractivity contribution in [2.24, 2.45) is 7.05 Å². The molecule has 0 atom stereocenters. The van der Waals surface area contributed by atoms with E-state index in [2.05, 4.69) is 10.3 Å². The summed E-state index contributed by atoms with van der Waals surface area (Å²) in [5.41, 5.74) is 2.58. The monoisotopic (exact) mass is 295 g/mol. The molecule has 0 saturated carbocycles. The van der Waals surface area contributed by atoms with Crippen LogP contribution in [0.2, 0.25) is 0 Å². The number of nitrogens with zero attached hydrogens (tertiary/aromatic N) is 2. The lowest BCUT2D eigenvalue weighted by Gasteiger charge is -2.06. The number of fused-ring (bicyclic) bond motifs is 1. The molecule has 0 aliphatic heterocycles. The van der Waals surface area contributed by atoms with Crippen LogP contribution in [-0.2, 0) is 13.6 Å². The Kier molecular flexibility index (Phi) is 3.78. The Morgan fingerprint density at radius 2 is 2.05 bits per heavy atom. The van der Waals surface area contributed by atoms with Crippen LogP contribution in [0.4, 0.5) is 0 Å². The van der Waals surface area contributed by atoms with Gasteiger partial charge in [-0.05, 0) is 35.9 Å². The molecule has 0 aliphatic rings. The Morgan fingerprint density at radius 3 is 2.77 bits per heavy atom. The average Bonchev–Trinajstić information content (AvgIpc) is 2.91. The Bertz CT molecular complexity index is 809. The smallest absolute Gasteiger partial charge is 0.268 e. The molecule has 22 heavy (non-hydrogen) atoms. The molecule has 1 amide bonds. The third-order valence-corrected chi connectivity index (χ3v) is 3.70. The van der Waals surface area contributed by atoms with Crippen molar-refractivity contribution in [3.63, 3.8) is 0 Å². The molecule has 5 nitrogen and oxygen atoms in total. The minimum Gasteiger partial charge on any atom is -0.496 e. The molecular formula is C17H17N3O2. The van der Waals surface area contributed by atoms with E-state index in [1.807, 2.05) is 48.0 Å². The standard InChI is InChI=1S/C17H17N3O2/c1-20-14-4-3-5-16(22-2)13(14)10-15(20)17(21)19-11-12-6-8-18-9-7-12/h3-10H,11H2,1-2H3,(H,19,21). The summed E-state index contributed by atoms with van der Waals surface area (Å²) in [6.07, 6.45) is 3.42. The molecule has 1 N–H and O–H groups in total. The normalized spacial score (nSPS) is 10.6. The number of ether oxygens (including phenoxy) is 1. The fraction of sp³-hybridized carbons (Fsp3) is 0.176. The first-order valence-corrected chi connectivity index (χ1v) is 7.00. The van der Waals surface area contributed by atoms with Gasteiger partial charge < -0.3 is 14.6 Å². The van der Waals surface area contributed by atoms with Crippen LogP contribution in [-0.4, -0.2) is 22.6 Å². The predicted octanol–water partition coefficient (Wildman–Crippen LogP) is 2.51. The van der Waals surface area contributed by atoms with E-state index in [4.69, 9.17) is 4.74 Å². The lowest BCUT2D eigenvalue weighted by Crippen LogP contribution is -2.24. The fourth-order valence-corrected chi connectivity index (χ4v) is 2.50. The Hall–Kier alpha value is -2.82. The highest BCUT2D eigenvalue weighted by Crippen LogP contribution is 2.27. The molecule has 0 aliphatic carbocycles. The van der Waals surface area contributed by atoms with Crippen molar-refractivity contribution in [1.82, 2.24) is 14.9 Å². The van der Waals surface area contributed by atoms with Gasteiger partial charge in [0.05, 0.1) is 12.6 Å². The molecule has 3 aromatic rings. The summed E-state index contributed by atoms with van der Waals surface area (Å²) in [4.78, 5) is 16.4. The third-order valence-electron chi connectivity index (χ3n) is 3.70. The first-order chi connectivity index (χ1) is 10.7. The number of carbonyl (C=O) groups excluding carboxylic acids is 1. The van der Waals surface area contributed by atoms with Gasteiger partial charge in [0.1, 0.15) is 11.4 Å². The molecule has 0 radical (unpaired) electrons. The molecule has 1 aromatic carbocycles. The summed E-state index contributed by atoms with van der Waals surface area (Å²) >= 11 is 0. The summed E-state index contributed by atoms with van der Waals surface area (Å²) in [7, 11) is 3.51. The second kappa shape index (κ2) is 5.89. The number of benzene rings is 1. The Labute approximate surface area is 128 Å². The second-order valence-electron chi connectivity index (χ2n) is 5.02. The number of hydrogen-bond acceptors (Lipinski definition) is 3. The van der Waals surface area contributed by atoms with E-state index in [-0.39, 0.29) is 5.91 Å². The highest BCUT2D eigenvalue weighted by atomic mass is 16.5. The minimum absolute atomic E-state index is 0.113. The average molecular weight is 295 g/mol. The van der Waals surface area contributed by atoms with Crippen molar-refractivity contribution in [3.05, 3.63) is 60.0 Å². The number of methoxy groups -OCH3 is 1. The van der Waals surface area contributed by atoms with Gasteiger partial charge in [-0.1, -0.05) is 6.07 Å². The van der Waals surface area contributed by atoms with E-state index >= 15 is 0 Å². The molecule has 0 unspecified atom stereocenters. The van der Waals surface area contributed by atoms with Crippen molar-refractivity contribution >= 4 is 16.8 Å². The number of aryl methyl sites for hydroxylation is 1. The van der Waals surface area contributed by atoms with Gasteiger partial charge in [-0.2, -0.15) is 0 Å². The summed E-state index contributed by atoms with van der Waals surface area (Å²) < 4.78 is 7.23. The van der Waals surface area contributed by atoms with Crippen molar-refractivity contribution < 1.29 is 9.53 Å². The topological polar surface area (TPSA) is 56.1 Å². The Morgan fingerprint density at radius 1 is 1.27 bits per heavy atom. The van der Waals surface area contributed by atoms with Gasteiger partial charge in [0, 0.05) is 31.4 Å². The minimum atomic E-state index is -0.113. The number of hydrogen-bond donors (Lipinski definition) is 1. The van der Waals surface area contributed by atoms with Crippen LogP contribution in [0, 0.1) is 0 Å². The molecule has 5 heteroatoms. The summed E-state index contributed by atoms with van der Waals surface area (Å²) in [6, 6.07) is 11.4. The number of amides is 1. The SMILES string of the molecule is COc1cccc2c1cc(C(=O)NCc1ccncc1)n2C. The molecule has 2 aromatic heterocycles. The van der Waals surface area contributed by atoms with Gasteiger partial charge >= 0.3 is 0 Å². The number of carbonyl (C=O) groups is 1. The van der Waals surface area contributed by atoms with Gasteiger partial charge in [0.15, 0.2) is 0 Å². The zero-order chi connectivity index (χ0) is 15.5. The first-order valence-electron chi connectivity index (χ1n) is 7.00. The molecule has 0 bridgehead atoms. The number of pyridine rings is 1. The van der Waals surface area contributed by atoms with Crippen molar-refractivity contribution in [2.45, 2.75) is 6.54 Å².